The second-order valence-corrected chi connectivity index (χ2v) is 4.25. The summed E-state index contributed by atoms with van der Waals surface area (Å²) in [4.78, 5) is 8.19. The van der Waals surface area contributed by atoms with Crippen LogP contribution in [-0.4, -0.2) is 16.5 Å². The normalized spacial score (nSPS) is 11.8. The molecule has 0 fully saturated rings. The lowest BCUT2D eigenvalue weighted by atomic mass is 10.1. The standard InChI is InChI=1S/C13H14F3N3/c1-2-3-6-17-12-18-8-9-7-10(13(14,15)16)4-5-11(9)19-12/h4-5,7-8H,2-3,6H2,1H3,(H,17,18,19). The Balaban J connectivity index is 2.25. The molecule has 0 saturated carbocycles. The first kappa shape index (κ1) is 13.6. The van der Waals surface area contributed by atoms with E-state index in [-0.39, 0.29) is 0 Å². The Labute approximate surface area is 108 Å². The van der Waals surface area contributed by atoms with Crippen molar-refractivity contribution >= 4 is 16.9 Å². The second-order valence-electron chi connectivity index (χ2n) is 4.25. The first-order chi connectivity index (χ1) is 9.00. The van der Waals surface area contributed by atoms with E-state index < -0.39 is 11.7 Å². The summed E-state index contributed by atoms with van der Waals surface area (Å²) in [5, 5.41) is 3.42. The predicted molar refractivity (Wildman–Crippen MR) is 67.9 cm³/mol. The van der Waals surface area contributed by atoms with E-state index in [2.05, 4.69) is 22.2 Å². The zero-order valence-corrected chi connectivity index (χ0v) is 10.5. The Kier molecular flexibility index (Phi) is 3.87. The van der Waals surface area contributed by atoms with Crippen LogP contribution in [0.2, 0.25) is 0 Å². The van der Waals surface area contributed by atoms with Gasteiger partial charge in [0.15, 0.2) is 0 Å². The first-order valence-corrected chi connectivity index (χ1v) is 6.08. The minimum absolute atomic E-state index is 0.385. The Hall–Kier alpha value is -1.85. The average Bonchev–Trinajstić information content (AvgIpc) is 2.37. The fraction of sp³-hybridized carbons (Fsp3) is 0.385. The molecule has 0 saturated heterocycles. The van der Waals surface area contributed by atoms with Crippen molar-refractivity contribution in [3.05, 3.63) is 30.0 Å². The van der Waals surface area contributed by atoms with Crippen molar-refractivity contribution in [3.8, 4) is 0 Å². The smallest absolute Gasteiger partial charge is 0.354 e. The van der Waals surface area contributed by atoms with Crippen molar-refractivity contribution in [2.24, 2.45) is 0 Å². The van der Waals surface area contributed by atoms with Crippen molar-refractivity contribution in [2.75, 3.05) is 11.9 Å². The maximum Gasteiger partial charge on any atom is 0.416 e. The van der Waals surface area contributed by atoms with Gasteiger partial charge in [-0.15, -0.1) is 0 Å². The molecule has 0 atom stereocenters. The van der Waals surface area contributed by atoms with Gasteiger partial charge in [-0.2, -0.15) is 13.2 Å². The van der Waals surface area contributed by atoms with Crippen LogP contribution in [0.5, 0.6) is 0 Å². The fourth-order valence-corrected chi connectivity index (χ4v) is 1.67. The zero-order valence-electron chi connectivity index (χ0n) is 10.5. The molecule has 0 aliphatic heterocycles. The molecule has 1 N–H and O–H groups in total. The van der Waals surface area contributed by atoms with E-state index in [0.717, 1.165) is 31.5 Å². The van der Waals surface area contributed by atoms with Gasteiger partial charge in [-0.1, -0.05) is 13.3 Å². The molecule has 0 aliphatic rings. The number of aromatic nitrogens is 2. The molecule has 0 aliphatic carbocycles. The van der Waals surface area contributed by atoms with Gasteiger partial charge in [0.1, 0.15) is 0 Å². The molecule has 102 valence electrons. The third-order valence-electron chi connectivity index (χ3n) is 2.72. The molecule has 1 heterocycles. The van der Waals surface area contributed by atoms with Crippen molar-refractivity contribution in [3.63, 3.8) is 0 Å². The Morgan fingerprint density at radius 3 is 2.74 bits per heavy atom. The van der Waals surface area contributed by atoms with Gasteiger partial charge in [-0.05, 0) is 24.6 Å². The Morgan fingerprint density at radius 2 is 2.05 bits per heavy atom. The largest absolute Gasteiger partial charge is 0.416 e. The van der Waals surface area contributed by atoms with Crippen LogP contribution in [0, 0.1) is 0 Å². The van der Waals surface area contributed by atoms with Gasteiger partial charge in [0, 0.05) is 18.1 Å². The van der Waals surface area contributed by atoms with Gasteiger partial charge in [0.25, 0.3) is 0 Å². The molecule has 0 amide bonds. The molecular weight excluding hydrogens is 255 g/mol. The molecule has 1 aromatic heterocycles. The lowest BCUT2D eigenvalue weighted by molar-refractivity contribution is -0.137. The van der Waals surface area contributed by atoms with Gasteiger partial charge in [0.2, 0.25) is 5.95 Å². The summed E-state index contributed by atoms with van der Waals surface area (Å²) in [6.07, 6.45) is -0.887. The fourth-order valence-electron chi connectivity index (χ4n) is 1.67. The second kappa shape index (κ2) is 5.42. The average molecular weight is 269 g/mol. The molecule has 1 aromatic carbocycles. The number of anilines is 1. The lowest BCUT2D eigenvalue weighted by Crippen LogP contribution is -2.06. The number of alkyl halides is 3. The van der Waals surface area contributed by atoms with E-state index >= 15 is 0 Å². The number of rotatable bonds is 4. The van der Waals surface area contributed by atoms with E-state index in [9.17, 15) is 13.2 Å². The number of fused-ring (bicyclic) bond motifs is 1. The van der Waals surface area contributed by atoms with E-state index in [1.165, 1.54) is 12.3 Å². The molecule has 0 radical (unpaired) electrons. The maximum absolute atomic E-state index is 12.5. The van der Waals surface area contributed by atoms with Gasteiger partial charge in [-0.25, -0.2) is 9.97 Å². The summed E-state index contributed by atoms with van der Waals surface area (Å²) in [5.41, 5.74) is -0.183. The van der Waals surface area contributed by atoms with E-state index in [4.69, 9.17) is 0 Å². The summed E-state index contributed by atoms with van der Waals surface area (Å²) < 4.78 is 37.6. The molecule has 2 rings (SSSR count). The lowest BCUT2D eigenvalue weighted by Gasteiger charge is -2.08. The van der Waals surface area contributed by atoms with Gasteiger partial charge < -0.3 is 5.32 Å². The SMILES string of the molecule is CCCCNc1ncc2cc(C(F)(F)F)ccc2n1. The molecule has 19 heavy (non-hydrogen) atoms. The van der Waals surface area contributed by atoms with Crippen LogP contribution < -0.4 is 5.32 Å². The molecular formula is C13H14F3N3. The van der Waals surface area contributed by atoms with Crippen molar-refractivity contribution < 1.29 is 13.2 Å². The molecule has 0 unspecified atom stereocenters. The van der Waals surface area contributed by atoms with E-state index in [1.54, 1.807) is 0 Å². The van der Waals surface area contributed by atoms with Crippen molar-refractivity contribution in [1.82, 2.24) is 9.97 Å². The van der Waals surface area contributed by atoms with Gasteiger partial charge >= 0.3 is 6.18 Å². The van der Waals surface area contributed by atoms with Gasteiger partial charge in [0.05, 0.1) is 11.1 Å². The quantitative estimate of drug-likeness (QED) is 0.856. The number of hydrogen-bond acceptors (Lipinski definition) is 3. The molecule has 6 heteroatoms. The third-order valence-corrected chi connectivity index (χ3v) is 2.72. The van der Waals surface area contributed by atoms with Crippen LogP contribution in [-0.2, 0) is 6.18 Å². The highest BCUT2D eigenvalue weighted by Gasteiger charge is 2.30. The predicted octanol–water partition coefficient (Wildman–Crippen LogP) is 3.86. The topological polar surface area (TPSA) is 37.8 Å². The zero-order chi connectivity index (χ0) is 13.9. The number of hydrogen-bond donors (Lipinski definition) is 1. The van der Waals surface area contributed by atoms with Gasteiger partial charge in [-0.3, -0.25) is 0 Å². The molecule has 3 nitrogen and oxygen atoms in total. The monoisotopic (exact) mass is 269 g/mol. The molecule has 0 spiro atoms. The van der Waals surface area contributed by atoms with E-state index in [1.807, 2.05) is 0 Å². The highest BCUT2D eigenvalue weighted by molar-refractivity contribution is 5.79. The summed E-state index contributed by atoms with van der Waals surface area (Å²) >= 11 is 0. The summed E-state index contributed by atoms with van der Waals surface area (Å²) in [7, 11) is 0. The van der Waals surface area contributed by atoms with Crippen molar-refractivity contribution in [1.29, 1.82) is 0 Å². The van der Waals surface area contributed by atoms with E-state index in [0.29, 0.717) is 16.9 Å². The van der Waals surface area contributed by atoms with Crippen molar-refractivity contribution in [2.45, 2.75) is 25.9 Å². The summed E-state index contributed by atoms with van der Waals surface area (Å²) in [6, 6.07) is 3.46. The van der Waals surface area contributed by atoms with Crippen LogP contribution in [0.3, 0.4) is 0 Å². The number of halogens is 3. The Bertz CT molecular complexity index is 567. The number of nitrogens with zero attached hydrogens (tertiary/aromatic N) is 2. The highest BCUT2D eigenvalue weighted by atomic mass is 19.4. The summed E-state index contributed by atoms with van der Waals surface area (Å²) in [5.74, 6) is 0.445. The van der Waals surface area contributed by atoms with Crippen LogP contribution in [0.15, 0.2) is 24.4 Å². The molecule has 2 aromatic rings. The van der Waals surface area contributed by atoms with Crippen LogP contribution in [0.25, 0.3) is 10.9 Å². The van der Waals surface area contributed by atoms with Crippen LogP contribution >= 0.6 is 0 Å². The summed E-state index contributed by atoms with van der Waals surface area (Å²) in [6.45, 7) is 2.82. The number of unbranched alkanes of at least 4 members (excludes halogenated alkanes) is 1. The number of benzene rings is 1. The van der Waals surface area contributed by atoms with Crippen LogP contribution in [0.1, 0.15) is 25.3 Å². The third kappa shape index (κ3) is 3.33. The first-order valence-electron chi connectivity index (χ1n) is 6.08. The minimum atomic E-state index is -4.34. The maximum atomic E-state index is 12.5. The minimum Gasteiger partial charge on any atom is -0.354 e. The highest BCUT2D eigenvalue weighted by Crippen LogP contribution is 2.30. The molecule has 0 bridgehead atoms. The number of nitrogens with one attached hydrogen (secondary N) is 1. The van der Waals surface area contributed by atoms with Crippen LogP contribution in [0.4, 0.5) is 19.1 Å². The Morgan fingerprint density at radius 1 is 1.26 bits per heavy atom.